The Labute approximate surface area is 110 Å². The van der Waals surface area contributed by atoms with Crippen LogP contribution in [0.5, 0.6) is 0 Å². The third kappa shape index (κ3) is 6.77. The highest BCUT2D eigenvalue weighted by Gasteiger charge is 2.12. The van der Waals surface area contributed by atoms with E-state index in [0.29, 0.717) is 19.2 Å². The minimum Gasteiger partial charge on any atom is -0.463 e. The Morgan fingerprint density at radius 3 is 2.78 bits per heavy atom. The molecule has 0 aromatic carbocycles. The lowest BCUT2D eigenvalue weighted by atomic mass is 10.1. The van der Waals surface area contributed by atoms with Gasteiger partial charge in [-0.1, -0.05) is 12.5 Å². The zero-order valence-corrected chi connectivity index (χ0v) is 11.7. The summed E-state index contributed by atoms with van der Waals surface area (Å²) in [6.07, 6.45) is 7.35. The van der Waals surface area contributed by atoms with Crippen molar-refractivity contribution in [1.82, 2.24) is 10.2 Å². The highest BCUT2D eigenvalue weighted by atomic mass is 16.5. The van der Waals surface area contributed by atoms with Crippen molar-refractivity contribution in [2.75, 3.05) is 32.8 Å². The van der Waals surface area contributed by atoms with Gasteiger partial charge in [-0.15, -0.1) is 0 Å². The molecule has 1 fully saturated rings. The molecule has 104 valence electrons. The fourth-order valence-electron chi connectivity index (χ4n) is 2.21. The average Bonchev–Trinajstić information content (AvgIpc) is 2.36. The summed E-state index contributed by atoms with van der Waals surface area (Å²) in [7, 11) is 0. The van der Waals surface area contributed by atoms with Crippen molar-refractivity contribution in [3.63, 3.8) is 0 Å². The van der Waals surface area contributed by atoms with Crippen LogP contribution in [0.3, 0.4) is 0 Å². The number of likely N-dealkylation sites (tertiary alicyclic amines) is 1. The first kappa shape index (κ1) is 15.2. The molecule has 1 N–H and O–H groups in total. The number of ether oxygens (including phenoxy) is 1. The Bertz CT molecular complexity index is 261. The molecule has 4 heteroatoms. The van der Waals surface area contributed by atoms with E-state index in [0.717, 1.165) is 6.54 Å². The number of carbonyl (C=O) groups excluding carboxylic acids is 1. The summed E-state index contributed by atoms with van der Waals surface area (Å²) in [6.45, 7) is 8.69. The number of piperidine rings is 1. The molecule has 1 saturated heterocycles. The minimum absolute atomic E-state index is 0.261. The normalized spacial score (nSPS) is 19.0. The van der Waals surface area contributed by atoms with Crippen LogP contribution in [0.1, 0.15) is 33.1 Å². The quantitative estimate of drug-likeness (QED) is 0.553. The van der Waals surface area contributed by atoms with Crippen LogP contribution < -0.4 is 5.32 Å². The molecule has 0 aliphatic carbocycles. The molecule has 1 aliphatic heterocycles. The summed E-state index contributed by atoms with van der Waals surface area (Å²) in [6, 6.07) is 0.454. The number of carbonyl (C=O) groups is 1. The summed E-state index contributed by atoms with van der Waals surface area (Å²) in [5.41, 5.74) is 0. The predicted molar refractivity (Wildman–Crippen MR) is 73.5 cm³/mol. The maximum Gasteiger partial charge on any atom is 0.330 e. The molecule has 1 aliphatic rings. The molecule has 1 rings (SSSR count). The van der Waals surface area contributed by atoms with Crippen LogP contribution in [0.15, 0.2) is 12.2 Å². The molecule has 0 saturated carbocycles. The van der Waals surface area contributed by atoms with Crippen molar-refractivity contribution < 1.29 is 9.53 Å². The Balaban J connectivity index is 2.08. The van der Waals surface area contributed by atoms with Gasteiger partial charge in [0.05, 0.1) is 6.61 Å². The average molecular weight is 254 g/mol. The van der Waals surface area contributed by atoms with E-state index >= 15 is 0 Å². The predicted octanol–water partition coefficient (Wildman–Crippen LogP) is 1.57. The maximum absolute atomic E-state index is 11.1. The van der Waals surface area contributed by atoms with Gasteiger partial charge in [0.2, 0.25) is 0 Å². The lowest BCUT2D eigenvalue weighted by molar-refractivity contribution is -0.137. The van der Waals surface area contributed by atoms with Gasteiger partial charge in [-0.2, -0.15) is 0 Å². The highest BCUT2D eigenvalue weighted by molar-refractivity contribution is 5.81. The smallest absolute Gasteiger partial charge is 0.330 e. The third-order valence-corrected chi connectivity index (χ3v) is 3.11. The molecular weight excluding hydrogens is 228 g/mol. The van der Waals surface area contributed by atoms with Gasteiger partial charge >= 0.3 is 5.97 Å². The van der Waals surface area contributed by atoms with Crippen LogP contribution in [-0.2, 0) is 9.53 Å². The van der Waals surface area contributed by atoms with E-state index in [2.05, 4.69) is 17.1 Å². The molecule has 4 nitrogen and oxygen atoms in total. The standard InChI is InChI=1S/C14H26N2O2/c1-3-18-14(17)8-7-9-15-13(2)12-16-10-5-4-6-11-16/h7-8,13,15H,3-6,9-12H2,1-2H3/b8-7+. The first-order valence-electron chi connectivity index (χ1n) is 7.01. The van der Waals surface area contributed by atoms with Gasteiger partial charge in [0.25, 0.3) is 0 Å². The van der Waals surface area contributed by atoms with E-state index in [1.165, 1.54) is 38.4 Å². The molecule has 1 atom stereocenters. The van der Waals surface area contributed by atoms with Crippen LogP contribution in [-0.4, -0.2) is 49.7 Å². The monoisotopic (exact) mass is 254 g/mol. The summed E-state index contributed by atoms with van der Waals surface area (Å²) in [5.74, 6) is -0.261. The van der Waals surface area contributed by atoms with Crippen molar-refractivity contribution in [2.45, 2.75) is 39.2 Å². The van der Waals surface area contributed by atoms with Crippen molar-refractivity contribution in [3.8, 4) is 0 Å². The van der Waals surface area contributed by atoms with E-state index in [1.807, 2.05) is 13.0 Å². The van der Waals surface area contributed by atoms with Gasteiger partial charge in [0.1, 0.15) is 0 Å². The molecule has 18 heavy (non-hydrogen) atoms. The van der Waals surface area contributed by atoms with Gasteiger partial charge in [0, 0.05) is 25.2 Å². The van der Waals surface area contributed by atoms with Gasteiger partial charge < -0.3 is 15.0 Å². The number of nitrogens with zero attached hydrogens (tertiary/aromatic N) is 1. The Morgan fingerprint density at radius 1 is 1.39 bits per heavy atom. The molecule has 0 bridgehead atoms. The fraction of sp³-hybridized carbons (Fsp3) is 0.786. The fourth-order valence-corrected chi connectivity index (χ4v) is 2.21. The van der Waals surface area contributed by atoms with Gasteiger partial charge in [-0.05, 0) is 39.8 Å². The summed E-state index contributed by atoms with van der Waals surface area (Å²) < 4.78 is 4.81. The second-order valence-electron chi connectivity index (χ2n) is 4.82. The second-order valence-corrected chi connectivity index (χ2v) is 4.82. The first-order valence-corrected chi connectivity index (χ1v) is 7.01. The molecule has 0 amide bonds. The molecule has 0 radical (unpaired) electrons. The van der Waals surface area contributed by atoms with Gasteiger partial charge in [-0.3, -0.25) is 0 Å². The lowest BCUT2D eigenvalue weighted by Crippen LogP contribution is -2.41. The third-order valence-electron chi connectivity index (χ3n) is 3.11. The largest absolute Gasteiger partial charge is 0.463 e. The molecule has 1 unspecified atom stereocenters. The number of nitrogens with one attached hydrogen (secondary N) is 1. The zero-order valence-electron chi connectivity index (χ0n) is 11.7. The maximum atomic E-state index is 11.1. The Hall–Kier alpha value is -0.870. The van der Waals surface area contributed by atoms with Crippen LogP contribution in [0.25, 0.3) is 0 Å². The molecular formula is C14H26N2O2. The lowest BCUT2D eigenvalue weighted by Gasteiger charge is -2.29. The highest BCUT2D eigenvalue weighted by Crippen LogP contribution is 2.08. The zero-order chi connectivity index (χ0) is 13.2. The summed E-state index contributed by atoms with van der Waals surface area (Å²) >= 11 is 0. The molecule has 0 spiro atoms. The van der Waals surface area contributed by atoms with Crippen molar-refractivity contribution >= 4 is 5.97 Å². The van der Waals surface area contributed by atoms with Gasteiger partial charge in [-0.25, -0.2) is 4.79 Å². The van der Waals surface area contributed by atoms with E-state index in [4.69, 9.17) is 4.74 Å². The molecule has 1 heterocycles. The van der Waals surface area contributed by atoms with Crippen molar-refractivity contribution in [1.29, 1.82) is 0 Å². The van der Waals surface area contributed by atoms with Gasteiger partial charge in [0.15, 0.2) is 0 Å². The van der Waals surface area contributed by atoms with E-state index < -0.39 is 0 Å². The Kier molecular flexibility index (Phi) is 7.69. The Morgan fingerprint density at radius 2 is 2.11 bits per heavy atom. The van der Waals surface area contributed by atoms with Crippen molar-refractivity contribution in [3.05, 3.63) is 12.2 Å². The van der Waals surface area contributed by atoms with Crippen LogP contribution in [0, 0.1) is 0 Å². The summed E-state index contributed by atoms with van der Waals surface area (Å²) in [4.78, 5) is 13.6. The summed E-state index contributed by atoms with van der Waals surface area (Å²) in [5, 5.41) is 3.39. The number of hydrogen-bond donors (Lipinski definition) is 1. The molecule has 0 aromatic rings. The van der Waals surface area contributed by atoms with E-state index in [-0.39, 0.29) is 5.97 Å². The first-order chi connectivity index (χ1) is 8.72. The number of hydrogen-bond acceptors (Lipinski definition) is 4. The number of rotatable bonds is 7. The van der Waals surface area contributed by atoms with Crippen LogP contribution in [0.2, 0.25) is 0 Å². The van der Waals surface area contributed by atoms with Crippen LogP contribution >= 0.6 is 0 Å². The van der Waals surface area contributed by atoms with Crippen LogP contribution in [0.4, 0.5) is 0 Å². The molecule has 0 aromatic heterocycles. The minimum atomic E-state index is -0.261. The topological polar surface area (TPSA) is 41.6 Å². The van der Waals surface area contributed by atoms with E-state index in [9.17, 15) is 4.79 Å². The SMILES string of the molecule is CCOC(=O)/C=C/CNC(C)CN1CCCCC1. The van der Waals surface area contributed by atoms with E-state index in [1.54, 1.807) is 0 Å². The number of esters is 1. The second kappa shape index (κ2) is 9.11. The van der Waals surface area contributed by atoms with Crippen molar-refractivity contribution in [2.24, 2.45) is 0 Å².